The molecule has 4 heterocycles. The van der Waals surface area contributed by atoms with Crippen LogP contribution >= 0.6 is 0 Å². The van der Waals surface area contributed by atoms with Crippen molar-refractivity contribution in [1.82, 2.24) is 25.1 Å². The van der Waals surface area contributed by atoms with Crippen LogP contribution in [0.3, 0.4) is 0 Å². The first-order valence-electron chi connectivity index (χ1n) is 21.0. The fourth-order valence-corrected chi connectivity index (χ4v) is 10.0. The normalized spacial score (nSPS) is 17.1. The van der Waals surface area contributed by atoms with Crippen molar-refractivity contribution in [1.29, 1.82) is 0 Å². The Kier molecular flexibility index (Phi) is 7.63. The maximum absolute atomic E-state index is 6.71. The molecule has 12 aromatic rings. The standard InChI is InChI=1S/C55H39N5O/c1-4-14-34(15-5-1)53-56-54(35-16-6-2-7-17-35)58-55(57-53)38-25-24-37-33-40(27-26-36(37)32-38)59-45-22-12-10-21-43(45)49-46(59)31-29-44-50-47(60(51(44)49)39-18-8-3-9-19-39)30-28-42-41-20-11-13-23-48(41)61-52(42)50/h1-33,53-58H. The molecular weight excluding hydrogens is 747 g/mol. The summed E-state index contributed by atoms with van der Waals surface area (Å²) < 4.78 is 11.6. The van der Waals surface area contributed by atoms with E-state index in [4.69, 9.17) is 4.42 Å². The van der Waals surface area contributed by atoms with Crippen LogP contribution in [0.4, 0.5) is 0 Å². The second kappa shape index (κ2) is 13.5. The zero-order valence-corrected chi connectivity index (χ0v) is 33.1. The second-order valence-corrected chi connectivity index (χ2v) is 16.2. The smallest absolute Gasteiger partial charge is 0.145 e. The maximum atomic E-state index is 6.71. The summed E-state index contributed by atoms with van der Waals surface area (Å²) >= 11 is 0. The molecule has 0 bridgehead atoms. The van der Waals surface area contributed by atoms with E-state index < -0.39 is 0 Å². The van der Waals surface area contributed by atoms with Crippen LogP contribution in [0.15, 0.2) is 205 Å². The van der Waals surface area contributed by atoms with Crippen LogP contribution in [-0.4, -0.2) is 9.13 Å². The Bertz CT molecular complexity index is 3600. The number of fused-ring (bicyclic) bond motifs is 12. The van der Waals surface area contributed by atoms with E-state index in [9.17, 15) is 0 Å². The number of furan rings is 1. The van der Waals surface area contributed by atoms with E-state index in [1.54, 1.807) is 0 Å². The average Bonchev–Trinajstić information content (AvgIpc) is 4.00. The lowest BCUT2D eigenvalue weighted by Crippen LogP contribution is -2.54. The van der Waals surface area contributed by atoms with Gasteiger partial charge in [0, 0.05) is 38.3 Å². The first-order valence-corrected chi connectivity index (χ1v) is 21.0. The van der Waals surface area contributed by atoms with Gasteiger partial charge in [0.2, 0.25) is 0 Å². The minimum atomic E-state index is -0.0716. The van der Waals surface area contributed by atoms with Crippen LogP contribution < -0.4 is 16.0 Å². The highest BCUT2D eigenvalue weighted by Gasteiger charge is 2.30. The predicted molar refractivity (Wildman–Crippen MR) is 250 cm³/mol. The fraction of sp³-hybridized carbons (Fsp3) is 0.0545. The van der Waals surface area contributed by atoms with Crippen molar-refractivity contribution in [2.24, 2.45) is 0 Å². The molecule has 290 valence electrons. The minimum Gasteiger partial charge on any atom is -0.455 e. The van der Waals surface area contributed by atoms with E-state index >= 15 is 0 Å². The Morgan fingerprint density at radius 1 is 0.361 bits per heavy atom. The van der Waals surface area contributed by atoms with E-state index in [1.165, 1.54) is 54.7 Å². The monoisotopic (exact) mass is 785 g/mol. The number of para-hydroxylation sites is 3. The molecule has 2 atom stereocenters. The summed E-state index contributed by atoms with van der Waals surface area (Å²) in [6.07, 6.45) is -0.122. The average molecular weight is 786 g/mol. The van der Waals surface area contributed by atoms with Crippen LogP contribution in [-0.2, 0) is 0 Å². The van der Waals surface area contributed by atoms with E-state index in [0.717, 1.165) is 49.7 Å². The molecule has 9 aromatic carbocycles. The van der Waals surface area contributed by atoms with Gasteiger partial charge < -0.3 is 13.6 Å². The summed E-state index contributed by atoms with van der Waals surface area (Å²) in [5.41, 5.74) is 12.3. The van der Waals surface area contributed by atoms with E-state index in [-0.39, 0.29) is 18.5 Å². The van der Waals surface area contributed by atoms with Crippen molar-refractivity contribution in [3.8, 4) is 11.4 Å². The van der Waals surface area contributed by atoms with Gasteiger partial charge in [0.1, 0.15) is 11.2 Å². The summed E-state index contributed by atoms with van der Waals surface area (Å²) in [5.74, 6) is 0. The zero-order chi connectivity index (χ0) is 40.0. The van der Waals surface area contributed by atoms with Crippen LogP contribution in [0.1, 0.15) is 35.2 Å². The van der Waals surface area contributed by atoms with Crippen molar-refractivity contribution >= 4 is 76.3 Å². The van der Waals surface area contributed by atoms with Crippen molar-refractivity contribution < 1.29 is 4.42 Å². The summed E-state index contributed by atoms with van der Waals surface area (Å²) in [5, 5.41) is 20.9. The minimum absolute atomic E-state index is 0.0252. The van der Waals surface area contributed by atoms with Crippen LogP contribution in [0, 0.1) is 0 Å². The number of hydrogen-bond donors (Lipinski definition) is 3. The van der Waals surface area contributed by atoms with Gasteiger partial charge in [-0.25, -0.2) is 0 Å². The van der Waals surface area contributed by atoms with E-state index in [1.807, 2.05) is 6.07 Å². The van der Waals surface area contributed by atoms with Crippen molar-refractivity contribution in [2.75, 3.05) is 0 Å². The van der Waals surface area contributed by atoms with Crippen LogP contribution in [0.25, 0.3) is 87.7 Å². The molecule has 61 heavy (non-hydrogen) atoms. The lowest BCUT2D eigenvalue weighted by Gasteiger charge is -2.39. The number of rotatable bonds is 5. The third kappa shape index (κ3) is 5.33. The highest BCUT2D eigenvalue weighted by atomic mass is 16.3. The molecular formula is C55H39N5O. The van der Waals surface area contributed by atoms with Gasteiger partial charge in [-0.1, -0.05) is 133 Å². The van der Waals surface area contributed by atoms with Crippen LogP contribution in [0.2, 0.25) is 0 Å². The molecule has 1 aliphatic rings. The Labute approximate surface area is 351 Å². The molecule has 6 heteroatoms. The molecule has 13 rings (SSSR count). The Balaban J connectivity index is 0.976. The van der Waals surface area contributed by atoms with Gasteiger partial charge in [0.05, 0.1) is 46.0 Å². The Morgan fingerprint density at radius 3 is 1.67 bits per heavy atom. The molecule has 0 aliphatic carbocycles. The summed E-state index contributed by atoms with van der Waals surface area (Å²) in [6.45, 7) is 0. The molecule has 1 aliphatic heterocycles. The van der Waals surface area contributed by atoms with Crippen molar-refractivity contribution in [3.63, 3.8) is 0 Å². The van der Waals surface area contributed by atoms with Gasteiger partial charge in [0.15, 0.2) is 0 Å². The van der Waals surface area contributed by atoms with E-state index in [0.29, 0.717) is 0 Å². The molecule has 0 spiro atoms. The van der Waals surface area contributed by atoms with Crippen LogP contribution in [0.5, 0.6) is 0 Å². The summed E-state index contributed by atoms with van der Waals surface area (Å²) in [4.78, 5) is 0. The largest absolute Gasteiger partial charge is 0.455 e. The molecule has 0 amide bonds. The Morgan fingerprint density at radius 2 is 0.934 bits per heavy atom. The SMILES string of the molecule is c1ccc(C2NC(c3ccccc3)NC(c3ccc4cc(-n5c6ccccc6c6c5ccc5c7c8oc9ccccc9c8ccc7n(-c7ccccc7)c56)ccc4c3)N2)cc1. The number of hydrogen-bond acceptors (Lipinski definition) is 4. The number of benzene rings is 9. The first-order chi connectivity index (χ1) is 30.2. The third-order valence-corrected chi connectivity index (χ3v) is 12.8. The zero-order valence-electron chi connectivity index (χ0n) is 33.1. The quantitative estimate of drug-likeness (QED) is 0.163. The molecule has 0 radical (unpaired) electrons. The molecule has 1 fully saturated rings. The fourth-order valence-electron chi connectivity index (χ4n) is 10.0. The topological polar surface area (TPSA) is 59.1 Å². The van der Waals surface area contributed by atoms with Gasteiger partial charge in [-0.2, -0.15) is 0 Å². The Hall–Kier alpha value is -7.48. The summed E-state index contributed by atoms with van der Waals surface area (Å²) in [6, 6.07) is 72.0. The molecule has 0 saturated carbocycles. The molecule has 3 aromatic heterocycles. The van der Waals surface area contributed by atoms with Gasteiger partial charge in [-0.15, -0.1) is 0 Å². The third-order valence-electron chi connectivity index (χ3n) is 12.8. The molecule has 2 unspecified atom stereocenters. The lowest BCUT2D eigenvalue weighted by molar-refractivity contribution is 0.203. The maximum Gasteiger partial charge on any atom is 0.145 e. The number of nitrogens with one attached hydrogen (secondary N) is 3. The van der Waals surface area contributed by atoms with Gasteiger partial charge in [0.25, 0.3) is 0 Å². The van der Waals surface area contributed by atoms with Crippen molar-refractivity contribution in [2.45, 2.75) is 18.5 Å². The predicted octanol–water partition coefficient (Wildman–Crippen LogP) is 13.1. The summed E-state index contributed by atoms with van der Waals surface area (Å²) in [7, 11) is 0. The molecule has 1 saturated heterocycles. The molecule has 3 N–H and O–H groups in total. The second-order valence-electron chi connectivity index (χ2n) is 16.2. The number of nitrogens with zero attached hydrogens (tertiary/aromatic N) is 2. The van der Waals surface area contributed by atoms with Gasteiger partial charge >= 0.3 is 0 Å². The van der Waals surface area contributed by atoms with Crippen molar-refractivity contribution in [3.05, 3.63) is 217 Å². The van der Waals surface area contributed by atoms with Gasteiger partial charge in [-0.05, 0) is 94.2 Å². The number of aromatic nitrogens is 2. The highest BCUT2D eigenvalue weighted by molar-refractivity contribution is 6.31. The van der Waals surface area contributed by atoms with Gasteiger partial charge in [-0.3, -0.25) is 16.0 Å². The van der Waals surface area contributed by atoms with E-state index in [2.05, 4.69) is 219 Å². The molecule has 6 nitrogen and oxygen atoms in total. The highest BCUT2D eigenvalue weighted by Crippen LogP contribution is 2.45. The lowest BCUT2D eigenvalue weighted by atomic mass is 10.0. The first kappa shape index (κ1) is 34.4.